The molecular formula is C22H29ClF2N2O2. The molecule has 0 bridgehead atoms. The van der Waals surface area contributed by atoms with Gasteiger partial charge in [-0.1, -0.05) is 36.4 Å². The summed E-state index contributed by atoms with van der Waals surface area (Å²) in [6, 6.07) is 15.1. The third-order valence-corrected chi connectivity index (χ3v) is 4.88. The van der Waals surface area contributed by atoms with Crippen molar-refractivity contribution in [3.8, 4) is 11.5 Å². The molecule has 160 valence electrons. The Bertz CT molecular complexity index is 728. The van der Waals surface area contributed by atoms with E-state index in [0.29, 0.717) is 24.7 Å². The molecular weight excluding hydrogens is 398 g/mol. The van der Waals surface area contributed by atoms with Crippen LogP contribution in [0.2, 0.25) is 0 Å². The number of piperazine rings is 1. The van der Waals surface area contributed by atoms with Crippen molar-refractivity contribution >= 4 is 12.4 Å². The molecule has 2 aromatic carbocycles. The van der Waals surface area contributed by atoms with Gasteiger partial charge in [0.05, 0.1) is 6.61 Å². The number of alkyl halides is 2. The molecule has 29 heavy (non-hydrogen) atoms. The second-order valence-electron chi connectivity index (χ2n) is 6.84. The van der Waals surface area contributed by atoms with Crippen molar-refractivity contribution in [2.75, 3.05) is 32.8 Å². The number of rotatable bonds is 9. The standard InChI is InChI=1S/C22H28F2N2O2.ClH/c1-2-27-21-14-18(19(15-22(23)24)26-12-10-25-11-13-26)8-9-20(21)28-16-17-6-4-3-5-7-17;/h3-9,14,19,22,25H,2,10-13,15-16H2,1H3;1H/t19-;/m0./s1. The van der Waals surface area contributed by atoms with Crippen molar-refractivity contribution < 1.29 is 18.3 Å². The largest absolute Gasteiger partial charge is 0.490 e. The minimum atomic E-state index is -2.36. The Morgan fingerprint density at radius 1 is 1.00 bits per heavy atom. The highest BCUT2D eigenvalue weighted by atomic mass is 35.5. The quantitative estimate of drug-likeness (QED) is 0.630. The Balaban J connectivity index is 0.00000300. The minimum Gasteiger partial charge on any atom is -0.490 e. The number of nitrogens with zero attached hydrogens (tertiary/aromatic N) is 1. The van der Waals surface area contributed by atoms with Gasteiger partial charge in [0.2, 0.25) is 6.43 Å². The number of hydrogen-bond acceptors (Lipinski definition) is 4. The molecule has 0 aliphatic carbocycles. The summed E-state index contributed by atoms with van der Waals surface area (Å²) in [7, 11) is 0. The Morgan fingerprint density at radius 3 is 2.38 bits per heavy atom. The van der Waals surface area contributed by atoms with Crippen molar-refractivity contribution in [2.24, 2.45) is 0 Å². The SMILES string of the molecule is CCOc1cc([C@H](CC(F)F)N2CCNCC2)ccc1OCc1ccccc1.Cl. The summed E-state index contributed by atoms with van der Waals surface area (Å²) in [5.74, 6) is 1.23. The fourth-order valence-corrected chi connectivity index (χ4v) is 3.51. The fourth-order valence-electron chi connectivity index (χ4n) is 3.51. The summed E-state index contributed by atoms with van der Waals surface area (Å²) in [5.41, 5.74) is 1.91. The van der Waals surface area contributed by atoms with Gasteiger partial charge < -0.3 is 14.8 Å². The monoisotopic (exact) mass is 426 g/mol. The predicted molar refractivity (Wildman–Crippen MR) is 113 cm³/mol. The van der Waals surface area contributed by atoms with Gasteiger partial charge in [-0.25, -0.2) is 8.78 Å². The molecule has 0 unspecified atom stereocenters. The molecule has 0 radical (unpaired) electrons. The smallest absolute Gasteiger partial charge is 0.240 e. The maximum atomic E-state index is 13.3. The van der Waals surface area contributed by atoms with E-state index < -0.39 is 6.43 Å². The van der Waals surface area contributed by atoms with Crippen LogP contribution < -0.4 is 14.8 Å². The van der Waals surface area contributed by atoms with Crippen LogP contribution in [0.4, 0.5) is 8.78 Å². The molecule has 0 amide bonds. The van der Waals surface area contributed by atoms with Gasteiger partial charge in [0.25, 0.3) is 0 Å². The van der Waals surface area contributed by atoms with Crippen LogP contribution in [0.1, 0.15) is 30.5 Å². The van der Waals surface area contributed by atoms with E-state index in [4.69, 9.17) is 9.47 Å². The molecule has 7 heteroatoms. The Morgan fingerprint density at radius 2 is 1.72 bits per heavy atom. The maximum Gasteiger partial charge on any atom is 0.240 e. The fraction of sp³-hybridized carbons (Fsp3) is 0.455. The zero-order valence-corrected chi connectivity index (χ0v) is 17.5. The van der Waals surface area contributed by atoms with Crippen LogP contribution in [0.3, 0.4) is 0 Å². The summed E-state index contributed by atoms with van der Waals surface area (Å²) in [6.07, 6.45) is -2.54. The second kappa shape index (κ2) is 12.0. The van der Waals surface area contributed by atoms with E-state index in [9.17, 15) is 8.78 Å². The molecule has 1 heterocycles. The summed E-state index contributed by atoms with van der Waals surface area (Å²) >= 11 is 0. The molecule has 1 N–H and O–H groups in total. The Kier molecular flexibility index (Phi) is 9.64. The first-order valence-electron chi connectivity index (χ1n) is 9.83. The first-order chi connectivity index (χ1) is 13.7. The summed E-state index contributed by atoms with van der Waals surface area (Å²) in [6.45, 7) is 5.96. The zero-order chi connectivity index (χ0) is 19.8. The van der Waals surface area contributed by atoms with Crippen LogP contribution >= 0.6 is 12.4 Å². The lowest BCUT2D eigenvalue weighted by molar-refractivity contribution is 0.0737. The van der Waals surface area contributed by atoms with Crippen molar-refractivity contribution in [1.82, 2.24) is 10.2 Å². The van der Waals surface area contributed by atoms with Gasteiger partial charge in [0.1, 0.15) is 6.61 Å². The van der Waals surface area contributed by atoms with E-state index in [2.05, 4.69) is 10.2 Å². The molecule has 1 saturated heterocycles. The van der Waals surface area contributed by atoms with E-state index in [1.54, 1.807) is 0 Å². The number of benzene rings is 2. The van der Waals surface area contributed by atoms with Gasteiger partial charge in [-0.15, -0.1) is 12.4 Å². The van der Waals surface area contributed by atoms with Crippen LogP contribution in [-0.2, 0) is 6.61 Å². The van der Waals surface area contributed by atoms with Gasteiger partial charge in [0.15, 0.2) is 11.5 Å². The third kappa shape index (κ3) is 6.84. The second-order valence-corrected chi connectivity index (χ2v) is 6.84. The molecule has 0 spiro atoms. The molecule has 1 atom stereocenters. The highest BCUT2D eigenvalue weighted by molar-refractivity contribution is 5.85. The Labute approximate surface area is 177 Å². The van der Waals surface area contributed by atoms with Crippen LogP contribution in [0, 0.1) is 0 Å². The number of ether oxygens (including phenoxy) is 2. The molecule has 4 nitrogen and oxygen atoms in total. The van der Waals surface area contributed by atoms with Crippen LogP contribution in [-0.4, -0.2) is 44.1 Å². The normalized spacial score (nSPS) is 15.6. The van der Waals surface area contributed by atoms with Crippen LogP contribution in [0.25, 0.3) is 0 Å². The molecule has 1 aliphatic rings. The molecule has 0 saturated carbocycles. The molecule has 3 rings (SSSR count). The van der Waals surface area contributed by atoms with Crippen molar-refractivity contribution in [1.29, 1.82) is 0 Å². The van der Waals surface area contributed by atoms with E-state index >= 15 is 0 Å². The lowest BCUT2D eigenvalue weighted by Gasteiger charge is -2.35. The first kappa shape index (κ1) is 23.4. The summed E-state index contributed by atoms with van der Waals surface area (Å²) < 4.78 is 38.2. The van der Waals surface area contributed by atoms with Gasteiger partial charge >= 0.3 is 0 Å². The number of hydrogen-bond donors (Lipinski definition) is 1. The van der Waals surface area contributed by atoms with Crippen LogP contribution in [0.5, 0.6) is 11.5 Å². The van der Waals surface area contributed by atoms with E-state index in [0.717, 1.165) is 37.3 Å². The van der Waals surface area contributed by atoms with Crippen molar-refractivity contribution in [2.45, 2.75) is 32.4 Å². The maximum absolute atomic E-state index is 13.3. The van der Waals surface area contributed by atoms with Gasteiger partial charge in [-0.05, 0) is 30.2 Å². The van der Waals surface area contributed by atoms with Crippen molar-refractivity contribution in [3.63, 3.8) is 0 Å². The van der Waals surface area contributed by atoms with Gasteiger partial charge in [0, 0.05) is 38.6 Å². The molecule has 2 aromatic rings. The topological polar surface area (TPSA) is 33.7 Å². The first-order valence-corrected chi connectivity index (χ1v) is 9.83. The van der Waals surface area contributed by atoms with E-state index in [1.165, 1.54) is 0 Å². The highest BCUT2D eigenvalue weighted by Crippen LogP contribution is 2.35. The minimum absolute atomic E-state index is 0. The highest BCUT2D eigenvalue weighted by Gasteiger charge is 2.26. The number of nitrogens with one attached hydrogen (secondary N) is 1. The average molecular weight is 427 g/mol. The third-order valence-electron chi connectivity index (χ3n) is 4.88. The molecule has 0 aromatic heterocycles. The zero-order valence-electron chi connectivity index (χ0n) is 16.7. The Hall–Kier alpha value is -1.89. The van der Waals surface area contributed by atoms with Crippen LogP contribution in [0.15, 0.2) is 48.5 Å². The van der Waals surface area contributed by atoms with Crippen molar-refractivity contribution in [3.05, 3.63) is 59.7 Å². The van der Waals surface area contributed by atoms with E-state index in [1.807, 2.05) is 55.5 Å². The van der Waals surface area contributed by atoms with Gasteiger partial charge in [-0.2, -0.15) is 0 Å². The van der Waals surface area contributed by atoms with Gasteiger partial charge in [-0.3, -0.25) is 4.90 Å². The van der Waals surface area contributed by atoms with E-state index in [-0.39, 0.29) is 24.9 Å². The lowest BCUT2D eigenvalue weighted by atomic mass is 10.0. The predicted octanol–water partition coefficient (Wildman–Crippen LogP) is 4.69. The molecule has 1 fully saturated rings. The number of halogens is 3. The summed E-state index contributed by atoms with van der Waals surface area (Å²) in [5, 5.41) is 3.27. The average Bonchev–Trinajstić information content (AvgIpc) is 2.72. The lowest BCUT2D eigenvalue weighted by Crippen LogP contribution is -2.45. The molecule has 1 aliphatic heterocycles. The summed E-state index contributed by atoms with van der Waals surface area (Å²) in [4.78, 5) is 2.12.